The molecule has 0 radical (unpaired) electrons. The van der Waals surface area contributed by atoms with Crippen LogP contribution in [0, 0.1) is 5.82 Å². The lowest BCUT2D eigenvalue weighted by molar-refractivity contribution is -0.140. The first kappa shape index (κ1) is 28.7. The van der Waals surface area contributed by atoms with Gasteiger partial charge in [0.2, 0.25) is 21.8 Å². The van der Waals surface area contributed by atoms with E-state index in [1.54, 1.807) is 50.4 Å². The minimum atomic E-state index is -3.49. The fourth-order valence-electron chi connectivity index (χ4n) is 4.25. The topological polar surface area (TPSA) is 96.0 Å². The molecule has 0 spiro atoms. The molecule has 2 aromatic rings. The highest BCUT2D eigenvalue weighted by molar-refractivity contribution is 7.89. The monoisotopic (exact) mass is 533 g/mol. The summed E-state index contributed by atoms with van der Waals surface area (Å²) in [5.41, 5.74) is 1.54. The van der Waals surface area contributed by atoms with Crippen LogP contribution < -0.4 is 5.32 Å². The Bertz CT molecular complexity index is 1130. The lowest BCUT2D eigenvalue weighted by Gasteiger charge is -2.29. The third-order valence-corrected chi connectivity index (χ3v) is 8.42. The molecule has 1 fully saturated rings. The number of sulfonamides is 1. The fraction of sp³-hybridized carbons (Fsp3) is 0.481. The summed E-state index contributed by atoms with van der Waals surface area (Å²) in [5.74, 6) is -0.874. The third-order valence-electron chi connectivity index (χ3n) is 6.51. The van der Waals surface area contributed by atoms with E-state index >= 15 is 0 Å². The Balaban J connectivity index is 1.66. The van der Waals surface area contributed by atoms with Crippen molar-refractivity contribution in [3.05, 3.63) is 65.5 Å². The van der Waals surface area contributed by atoms with E-state index in [1.165, 1.54) is 21.3 Å². The molecular formula is C27H36FN3O5S. The minimum absolute atomic E-state index is 0.140. The average Bonchev–Trinajstić information content (AvgIpc) is 3.45. The van der Waals surface area contributed by atoms with Crippen LogP contribution in [0.3, 0.4) is 0 Å². The largest absolute Gasteiger partial charge is 0.385 e. The minimum Gasteiger partial charge on any atom is -0.385 e. The van der Waals surface area contributed by atoms with E-state index in [-0.39, 0.29) is 35.5 Å². The highest BCUT2D eigenvalue weighted by atomic mass is 32.2. The quantitative estimate of drug-likeness (QED) is 0.399. The summed E-state index contributed by atoms with van der Waals surface area (Å²) in [6.07, 6.45) is 2.94. The smallest absolute Gasteiger partial charge is 0.243 e. The second-order valence-corrected chi connectivity index (χ2v) is 11.2. The van der Waals surface area contributed by atoms with Crippen molar-refractivity contribution in [1.29, 1.82) is 0 Å². The summed E-state index contributed by atoms with van der Waals surface area (Å²) in [6.45, 7) is 3.87. The van der Waals surface area contributed by atoms with Crippen molar-refractivity contribution in [3.63, 3.8) is 0 Å². The zero-order valence-electron chi connectivity index (χ0n) is 21.5. The number of nitrogens with zero attached hydrogens (tertiary/aromatic N) is 2. The SMILES string of the molecule is COCCCNC(=O)[C@H](C)N(Cc1ccc(F)cc1)C(=O)CCc1ccc(S(=O)(=O)N2CCCC2)cc1. The Morgan fingerprint density at radius 3 is 2.30 bits per heavy atom. The van der Waals surface area contributed by atoms with Crippen molar-refractivity contribution in [1.82, 2.24) is 14.5 Å². The van der Waals surface area contributed by atoms with E-state index in [0.717, 1.165) is 18.4 Å². The van der Waals surface area contributed by atoms with E-state index in [0.29, 0.717) is 44.6 Å². The molecule has 1 saturated heterocycles. The molecule has 10 heteroatoms. The Labute approximate surface area is 218 Å². The van der Waals surface area contributed by atoms with Crippen LogP contribution in [0.5, 0.6) is 0 Å². The van der Waals surface area contributed by atoms with Gasteiger partial charge in [-0.2, -0.15) is 4.31 Å². The first-order chi connectivity index (χ1) is 17.7. The van der Waals surface area contributed by atoms with Crippen molar-refractivity contribution in [2.45, 2.75) is 56.5 Å². The van der Waals surface area contributed by atoms with Crippen LogP contribution in [0.15, 0.2) is 53.4 Å². The molecule has 1 N–H and O–H groups in total. The first-order valence-corrected chi connectivity index (χ1v) is 14.1. The number of benzene rings is 2. The molecule has 1 heterocycles. The lowest BCUT2D eigenvalue weighted by Crippen LogP contribution is -2.48. The van der Waals surface area contributed by atoms with Gasteiger partial charge in [-0.15, -0.1) is 0 Å². The van der Waals surface area contributed by atoms with Crippen molar-refractivity contribution >= 4 is 21.8 Å². The van der Waals surface area contributed by atoms with Gasteiger partial charge in [0.15, 0.2) is 0 Å². The number of hydrogen-bond acceptors (Lipinski definition) is 5. The highest BCUT2D eigenvalue weighted by Crippen LogP contribution is 2.22. The summed E-state index contributed by atoms with van der Waals surface area (Å²) in [6, 6.07) is 11.7. The lowest BCUT2D eigenvalue weighted by atomic mass is 10.1. The summed E-state index contributed by atoms with van der Waals surface area (Å²) < 4.78 is 45.4. The number of carbonyl (C=O) groups excluding carboxylic acids is 2. The normalized spacial score (nSPS) is 14.9. The number of aryl methyl sites for hydroxylation is 1. The van der Waals surface area contributed by atoms with E-state index in [4.69, 9.17) is 4.74 Å². The van der Waals surface area contributed by atoms with Gasteiger partial charge in [-0.25, -0.2) is 12.8 Å². The molecule has 0 unspecified atom stereocenters. The molecule has 37 heavy (non-hydrogen) atoms. The van der Waals surface area contributed by atoms with Crippen molar-refractivity contribution < 1.29 is 27.1 Å². The van der Waals surface area contributed by atoms with E-state index in [1.807, 2.05) is 0 Å². The van der Waals surface area contributed by atoms with Crippen molar-refractivity contribution in [2.75, 3.05) is 33.4 Å². The molecule has 202 valence electrons. The van der Waals surface area contributed by atoms with Crippen LogP contribution in [-0.4, -0.2) is 68.8 Å². The predicted molar refractivity (Wildman–Crippen MR) is 139 cm³/mol. The number of nitrogens with one attached hydrogen (secondary N) is 1. The number of rotatable bonds is 13. The number of amides is 2. The second kappa shape index (κ2) is 13.6. The average molecular weight is 534 g/mol. The molecule has 2 aromatic carbocycles. The van der Waals surface area contributed by atoms with Gasteiger partial charge in [-0.1, -0.05) is 24.3 Å². The van der Waals surface area contributed by atoms with Gasteiger partial charge < -0.3 is 15.0 Å². The van der Waals surface area contributed by atoms with Gasteiger partial charge in [0.05, 0.1) is 4.90 Å². The Kier molecular flexibility index (Phi) is 10.6. The number of carbonyl (C=O) groups is 2. The van der Waals surface area contributed by atoms with E-state index in [9.17, 15) is 22.4 Å². The highest BCUT2D eigenvalue weighted by Gasteiger charge is 2.28. The fourth-order valence-corrected chi connectivity index (χ4v) is 5.76. The molecule has 0 aliphatic carbocycles. The molecule has 0 aromatic heterocycles. The van der Waals surface area contributed by atoms with Gasteiger partial charge >= 0.3 is 0 Å². The van der Waals surface area contributed by atoms with Crippen LogP contribution in [0.4, 0.5) is 4.39 Å². The standard InChI is InChI=1S/C27H36FN3O5S/c1-21(27(33)29-16-5-19-36-2)31(20-23-6-11-24(28)12-7-23)26(32)15-10-22-8-13-25(14-9-22)37(34,35)30-17-3-4-18-30/h6-9,11-14,21H,3-5,10,15-20H2,1-2H3,(H,29,33)/t21-/m0/s1. The van der Waals surface area contributed by atoms with Crippen LogP contribution in [0.2, 0.25) is 0 Å². The van der Waals surface area contributed by atoms with Gasteiger partial charge in [0, 0.05) is 46.3 Å². The number of halogens is 1. The van der Waals surface area contributed by atoms with Crippen LogP contribution in [-0.2, 0) is 37.3 Å². The molecule has 1 aliphatic rings. The number of ether oxygens (including phenoxy) is 1. The van der Waals surface area contributed by atoms with Gasteiger partial charge in [-0.05, 0) is 68.0 Å². The van der Waals surface area contributed by atoms with Crippen LogP contribution >= 0.6 is 0 Å². The number of methoxy groups -OCH3 is 1. The predicted octanol–water partition coefficient (Wildman–Crippen LogP) is 3.11. The Morgan fingerprint density at radius 2 is 1.68 bits per heavy atom. The molecule has 0 saturated carbocycles. The van der Waals surface area contributed by atoms with Crippen molar-refractivity contribution in [3.8, 4) is 0 Å². The maximum absolute atomic E-state index is 13.4. The molecule has 1 atom stereocenters. The molecule has 8 nitrogen and oxygen atoms in total. The Hall–Kier alpha value is -2.82. The summed E-state index contributed by atoms with van der Waals surface area (Å²) in [5, 5.41) is 2.83. The summed E-state index contributed by atoms with van der Waals surface area (Å²) >= 11 is 0. The molecule has 1 aliphatic heterocycles. The third kappa shape index (κ3) is 8.08. The maximum Gasteiger partial charge on any atom is 0.243 e. The molecule has 3 rings (SSSR count). The second-order valence-electron chi connectivity index (χ2n) is 9.22. The molecule has 0 bridgehead atoms. The number of hydrogen-bond donors (Lipinski definition) is 1. The summed E-state index contributed by atoms with van der Waals surface area (Å²) in [4.78, 5) is 27.7. The molecule has 2 amide bonds. The van der Waals surface area contributed by atoms with Gasteiger partial charge in [0.1, 0.15) is 11.9 Å². The van der Waals surface area contributed by atoms with Crippen molar-refractivity contribution in [2.24, 2.45) is 0 Å². The maximum atomic E-state index is 13.4. The van der Waals surface area contributed by atoms with Gasteiger partial charge in [-0.3, -0.25) is 9.59 Å². The van der Waals surface area contributed by atoms with Gasteiger partial charge in [0.25, 0.3) is 0 Å². The summed E-state index contributed by atoms with van der Waals surface area (Å²) in [7, 11) is -1.90. The molecular weight excluding hydrogens is 497 g/mol. The zero-order chi connectivity index (χ0) is 26.8. The zero-order valence-corrected chi connectivity index (χ0v) is 22.3. The van der Waals surface area contributed by atoms with E-state index in [2.05, 4.69) is 5.32 Å². The van der Waals surface area contributed by atoms with Crippen LogP contribution in [0.25, 0.3) is 0 Å². The Morgan fingerprint density at radius 1 is 1.05 bits per heavy atom. The van der Waals surface area contributed by atoms with Crippen LogP contribution in [0.1, 0.15) is 43.7 Å². The van der Waals surface area contributed by atoms with E-state index < -0.39 is 16.1 Å². The first-order valence-electron chi connectivity index (χ1n) is 12.6.